The Bertz CT molecular complexity index is 953. The molecule has 2 aromatic carbocycles. The molecule has 0 saturated heterocycles. The molecular weight excluding hydrogens is 372 g/mol. The van der Waals surface area contributed by atoms with Crippen LogP contribution < -0.4 is 9.44 Å². The molecule has 0 radical (unpaired) electrons. The molecule has 1 saturated carbocycles. The first kappa shape index (κ1) is 17.2. The summed E-state index contributed by atoms with van der Waals surface area (Å²) < 4.78 is 54.0. The van der Waals surface area contributed by atoms with Crippen LogP contribution in [0.4, 0.5) is 5.69 Å². The Morgan fingerprint density at radius 3 is 2.17 bits per heavy atom. The first-order valence-corrected chi connectivity index (χ1v) is 10.5. The Kier molecular flexibility index (Phi) is 4.56. The van der Waals surface area contributed by atoms with E-state index in [2.05, 4.69) is 9.44 Å². The topological polar surface area (TPSA) is 92.3 Å². The Labute approximate surface area is 146 Å². The van der Waals surface area contributed by atoms with Crippen LogP contribution in [0.3, 0.4) is 0 Å². The minimum Gasteiger partial charge on any atom is -0.280 e. The lowest BCUT2D eigenvalue weighted by Gasteiger charge is -2.10. The molecule has 0 aromatic heterocycles. The summed E-state index contributed by atoms with van der Waals surface area (Å²) in [5, 5.41) is 0.424. The third kappa shape index (κ3) is 4.07. The Morgan fingerprint density at radius 1 is 0.875 bits per heavy atom. The molecule has 24 heavy (non-hydrogen) atoms. The van der Waals surface area contributed by atoms with E-state index >= 15 is 0 Å². The highest BCUT2D eigenvalue weighted by atomic mass is 35.5. The minimum absolute atomic E-state index is 0.0192. The van der Waals surface area contributed by atoms with Gasteiger partial charge in [0.25, 0.3) is 10.0 Å². The molecule has 128 valence electrons. The molecule has 2 N–H and O–H groups in total. The fourth-order valence-electron chi connectivity index (χ4n) is 2.04. The molecule has 3 rings (SSSR count). The summed E-state index contributed by atoms with van der Waals surface area (Å²) in [6.45, 7) is 0. The summed E-state index contributed by atoms with van der Waals surface area (Å²) in [6.07, 6.45) is 1.64. The molecule has 0 amide bonds. The second-order valence-corrected chi connectivity index (χ2v) is 9.32. The molecule has 1 aliphatic rings. The Hall–Kier alpha value is -1.61. The van der Waals surface area contributed by atoms with Crippen LogP contribution in [0.2, 0.25) is 5.02 Å². The maximum absolute atomic E-state index is 12.3. The fraction of sp³-hybridized carbons (Fsp3) is 0.200. The van der Waals surface area contributed by atoms with E-state index < -0.39 is 20.0 Å². The first-order chi connectivity index (χ1) is 11.3. The van der Waals surface area contributed by atoms with Gasteiger partial charge in [-0.15, -0.1) is 0 Å². The second-order valence-electron chi connectivity index (χ2n) is 5.48. The smallest absolute Gasteiger partial charge is 0.261 e. The van der Waals surface area contributed by atoms with Crippen molar-refractivity contribution in [2.24, 2.45) is 0 Å². The molecule has 0 heterocycles. The van der Waals surface area contributed by atoms with Gasteiger partial charge in [0.05, 0.1) is 15.5 Å². The number of anilines is 1. The zero-order chi connectivity index (χ0) is 17.4. The molecule has 1 aliphatic carbocycles. The van der Waals surface area contributed by atoms with Crippen molar-refractivity contribution in [3.63, 3.8) is 0 Å². The minimum atomic E-state index is -3.83. The van der Waals surface area contributed by atoms with Gasteiger partial charge in [0.1, 0.15) is 0 Å². The molecule has 0 atom stereocenters. The van der Waals surface area contributed by atoms with Crippen LogP contribution in [-0.4, -0.2) is 22.9 Å². The maximum atomic E-state index is 12.3. The van der Waals surface area contributed by atoms with Crippen molar-refractivity contribution >= 4 is 37.3 Å². The number of sulfonamides is 2. The Morgan fingerprint density at radius 2 is 1.54 bits per heavy atom. The molecule has 2 aromatic rings. The second kappa shape index (κ2) is 6.36. The average Bonchev–Trinajstić information content (AvgIpc) is 3.31. The van der Waals surface area contributed by atoms with Crippen molar-refractivity contribution < 1.29 is 16.8 Å². The van der Waals surface area contributed by atoms with Crippen LogP contribution in [-0.2, 0) is 20.0 Å². The van der Waals surface area contributed by atoms with E-state index in [0.29, 0.717) is 5.02 Å². The van der Waals surface area contributed by atoms with Gasteiger partial charge < -0.3 is 0 Å². The summed E-state index contributed by atoms with van der Waals surface area (Å²) in [4.78, 5) is 0.0574. The summed E-state index contributed by atoms with van der Waals surface area (Å²) in [5.74, 6) is 0. The van der Waals surface area contributed by atoms with E-state index in [-0.39, 0.29) is 21.5 Å². The summed E-state index contributed by atoms with van der Waals surface area (Å²) in [5.41, 5.74) is 0.170. The molecule has 0 spiro atoms. The van der Waals surface area contributed by atoms with E-state index in [1.807, 2.05) is 0 Å². The predicted molar refractivity (Wildman–Crippen MR) is 92.0 cm³/mol. The number of hydrogen-bond acceptors (Lipinski definition) is 4. The largest absolute Gasteiger partial charge is 0.280 e. The van der Waals surface area contributed by atoms with Crippen LogP contribution in [0.1, 0.15) is 12.8 Å². The number of halogens is 1. The molecule has 1 fully saturated rings. The van der Waals surface area contributed by atoms with Crippen molar-refractivity contribution in [1.82, 2.24) is 4.72 Å². The standard InChI is InChI=1S/C15H15ClN2O4S2/c16-11-4-8-14(9-5-11)23(19,20)18-13-2-1-3-15(10-13)24(21,22)17-12-6-7-12/h1-5,8-10,12,17-18H,6-7H2. The van der Waals surface area contributed by atoms with E-state index in [4.69, 9.17) is 11.6 Å². The molecule has 0 unspecified atom stereocenters. The van der Waals surface area contributed by atoms with Gasteiger partial charge in [-0.2, -0.15) is 0 Å². The lowest BCUT2D eigenvalue weighted by Crippen LogP contribution is -2.25. The van der Waals surface area contributed by atoms with Crippen LogP contribution in [0.15, 0.2) is 58.3 Å². The third-order valence-corrected chi connectivity index (χ3v) is 6.59. The highest BCUT2D eigenvalue weighted by Gasteiger charge is 2.28. The van der Waals surface area contributed by atoms with Crippen molar-refractivity contribution in [2.45, 2.75) is 28.7 Å². The lowest BCUT2D eigenvalue weighted by atomic mass is 10.3. The fourth-order valence-corrected chi connectivity index (χ4v) is 4.57. The number of rotatable bonds is 6. The summed E-state index contributed by atoms with van der Waals surface area (Å²) in [6, 6.07) is 11.4. The van der Waals surface area contributed by atoms with Crippen molar-refractivity contribution in [1.29, 1.82) is 0 Å². The third-order valence-electron chi connectivity index (χ3n) is 3.42. The van der Waals surface area contributed by atoms with Crippen molar-refractivity contribution in [3.05, 3.63) is 53.6 Å². The van der Waals surface area contributed by atoms with Gasteiger partial charge >= 0.3 is 0 Å². The zero-order valence-corrected chi connectivity index (χ0v) is 14.8. The number of hydrogen-bond donors (Lipinski definition) is 2. The van der Waals surface area contributed by atoms with Crippen LogP contribution in [0.5, 0.6) is 0 Å². The number of nitrogens with one attached hydrogen (secondary N) is 2. The molecule has 0 aliphatic heterocycles. The maximum Gasteiger partial charge on any atom is 0.261 e. The Balaban J connectivity index is 1.85. The van der Waals surface area contributed by atoms with Gasteiger partial charge in [0, 0.05) is 11.1 Å². The summed E-state index contributed by atoms with van der Waals surface area (Å²) >= 11 is 5.75. The molecule has 0 bridgehead atoms. The van der Waals surface area contributed by atoms with Gasteiger partial charge in [-0.25, -0.2) is 21.6 Å². The molecular formula is C15H15ClN2O4S2. The van der Waals surface area contributed by atoms with Gasteiger partial charge in [0.2, 0.25) is 10.0 Å². The quantitative estimate of drug-likeness (QED) is 0.798. The van der Waals surface area contributed by atoms with Crippen molar-refractivity contribution in [2.75, 3.05) is 4.72 Å². The van der Waals surface area contributed by atoms with Gasteiger partial charge in [0.15, 0.2) is 0 Å². The van der Waals surface area contributed by atoms with Crippen LogP contribution in [0, 0.1) is 0 Å². The highest BCUT2D eigenvalue weighted by Crippen LogP contribution is 2.24. The monoisotopic (exact) mass is 386 g/mol. The zero-order valence-electron chi connectivity index (χ0n) is 12.4. The van der Waals surface area contributed by atoms with Crippen molar-refractivity contribution in [3.8, 4) is 0 Å². The van der Waals surface area contributed by atoms with E-state index in [1.54, 1.807) is 0 Å². The lowest BCUT2D eigenvalue weighted by molar-refractivity contribution is 0.581. The van der Waals surface area contributed by atoms with Gasteiger partial charge in [-0.1, -0.05) is 17.7 Å². The van der Waals surface area contributed by atoms with Crippen LogP contribution >= 0.6 is 11.6 Å². The number of benzene rings is 2. The predicted octanol–water partition coefficient (Wildman–Crippen LogP) is 2.58. The van der Waals surface area contributed by atoms with E-state index in [1.165, 1.54) is 48.5 Å². The first-order valence-electron chi connectivity index (χ1n) is 7.17. The highest BCUT2D eigenvalue weighted by molar-refractivity contribution is 7.92. The molecule has 9 heteroatoms. The van der Waals surface area contributed by atoms with E-state index in [0.717, 1.165) is 12.8 Å². The van der Waals surface area contributed by atoms with Gasteiger partial charge in [-0.05, 0) is 55.3 Å². The average molecular weight is 387 g/mol. The van der Waals surface area contributed by atoms with Gasteiger partial charge in [-0.3, -0.25) is 4.72 Å². The normalized spacial score (nSPS) is 15.2. The van der Waals surface area contributed by atoms with Crippen LogP contribution in [0.25, 0.3) is 0 Å². The molecule has 6 nitrogen and oxygen atoms in total. The van der Waals surface area contributed by atoms with E-state index in [9.17, 15) is 16.8 Å². The SMILES string of the molecule is O=S(=O)(Nc1cccc(S(=O)(=O)NC2CC2)c1)c1ccc(Cl)cc1. The summed E-state index contributed by atoms with van der Waals surface area (Å²) in [7, 11) is -7.47.